The summed E-state index contributed by atoms with van der Waals surface area (Å²) >= 11 is 0. The maximum atomic E-state index is 11.9. The molecule has 1 aliphatic heterocycles. The summed E-state index contributed by atoms with van der Waals surface area (Å²) in [5, 5.41) is -0.117. The summed E-state index contributed by atoms with van der Waals surface area (Å²) in [5.74, 6) is 1.25. The minimum atomic E-state index is -2.82. The lowest BCUT2D eigenvalue weighted by atomic mass is 9.95. The van der Waals surface area contributed by atoms with Crippen molar-refractivity contribution in [3.05, 3.63) is 0 Å². The Morgan fingerprint density at radius 1 is 1.21 bits per heavy atom. The molecule has 0 aromatic rings. The second kappa shape index (κ2) is 3.81. The molecule has 4 heteroatoms. The number of rotatable bonds is 3. The fourth-order valence-electron chi connectivity index (χ4n) is 2.63. The second-order valence-corrected chi connectivity index (χ2v) is 6.98. The van der Waals surface area contributed by atoms with Crippen LogP contribution in [0.2, 0.25) is 0 Å². The van der Waals surface area contributed by atoms with Crippen molar-refractivity contribution in [1.82, 2.24) is 0 Å². The molecule has 0 amide bonds. The van der Waals surface area contributed by atoms with E-state index in [0.29, 0.717) is 18.2 Å². The van der Waals surface area contributed by atoms with Crippen LogP contribution in [0.4, 0.5) is 0 Å². The molecule has 1 heterocycles. The number of hydrogen-bond donors (Lipinski definition) is 1. The molecular weight excluding hydrogens is 198 g/mol. The van der Waals surface area contributed by atoms with Gasteiger partial charge in [0.25, 0.3) is 0 Å². The van der Waals surface area contributed by atoms with Crippen molar-refractivity contribution in [3.63, 3.8) is 0 Å². The van der Waals surface area contributed by atoms with Crippen molar-refractivity contribution in [2.75, 3.05) is 12.3 Å². The Labute approximate surface area is 86.0 Å². The van der Waals surface area contributed by atoms with Gasteiger partial charge in [0.05, 0.1) is 11.0 Å². The van der Waals surface area contributed by atoms with Gasteiger partial charge in [-0.05, 0) is 44.1 Å². The standard InChI is InChI=1S/C10H19NO2S/c11-7-9(8-4-5-8)10-3-1-2-6-14(10,12)13/h8-10H,1-7,11H2. The smallest absolute Gasteiger partial charge is 0.153 e. The van der Waals surface area contributed by atoms with E-state index < -0.39 is 9.84 Å². The van der Waals surface area contributed by atoms with E-state index in [1.165, 1.54) is 12.8 Å². The third-order valence-electron chi connectivity index (χ3n) is 3.61. The van der Waals surface area contributed by atoms with Gasteiger partial charge in [0.2, 0.25) is 0 Å². The Balaban J connectivity index is 2.13. The average Bonchev–Trinajstić information content (AvgIpc) is 2.92. The van der Waals surface area contributed by atoms with Crippen LogP contribution < -0.4 is 5.73 Å². The minimum absolute atomic E-state index is 0.117. The van der Waals surface area contributed by atoms with Gasteiger partial charge in [-0.3, -0.25) is 0 Å². The molecular formula is C10H19NO2S. The zero-order chi connectivity index (χ0) is 10.2. The van der Waals surface area contributed by atoms with Crippen molar-refractivity contribution in [2.45, 2.75) is 37.4 Å². The average molecular weight is 217 g/mol. The number of sulfone groups is 1. The molecule has 0 aromatic heterocycles. The Bertz CT molecular complexity index is 295. The molecule has 0 radical (unpaired) electrons. The van der Waals surface area contributed by atoms with Crippen LogP contribution in [-0.4, -0.2) is 26.0 Å². The first kappa shape index (κ1) is 10.4. The van der Waals surface area contributed by atoms with Crippen LogP contribution in [0.25, 0.3) is 0 Å². The molecule has 1 saturated carbocycles. The fraction of sp³-hybridized carbons (Fsp3) is 1.00. The summed E-state index contributed by atoms with van der Waals surface area (Å²) in [6.45, 7) is 0.550. The Hall–Kier alpha value is -0.0900. The van der Waals surface area contributed by atoms with Crippen molar-refractivity contribution in [3.8, 4) is 0 Å². The zero-order valence-corrected chi connectivity index (χ0v) is 9.30. The van der Waals surface area contributed by atoms with Crippen molar-refractivity contribution in [1.29, 1.82) is 0 Å². The van der Waals surface area contributed by atoms with E-state index in [9.17, 15) is 8.42 Å². The third-order valence-corrected chi connectivity index (χ3v) is 5.97. The maximum absolute atomic E-state index is 11.9. The van der Waals surface area contributed by atoms with E-state index >= 15 is 0 Å². The topological polar surface area (TPSA) is 60.2 Å². The normalized spacial score (nSPS) is 33.9. The SMILES string of the molecule is NCC(C1CC1)C1CCCCS1(=O)=O. The zero-order valence-electron chi connectivity index (χ0n) is 8.48. The molecule has 2 N–H and O–H groups in total. The molecule has 0 aromatic carbocycles. The lowest BCUT2D eigenvalue weighted by Gasteiger charge is -2.29. The minimum Gasteiger partial charge on any atom is -0.330 e. The summed E-state index contributed by atoms with van der Waals surface area (Å²) in [5.41, 5.74) is 5.70. The van der Waals surface area contributed by atoms with Crippen LogP contribution in [0.1, 0.15) is 32.1 Å². The highest BCUT2D eigenvalue weighted by Crippen LogP contribution is 2.42. The van der Waals surface area contributed by atoms with Gasteiger partial charge >= 0.3 is 0 Å². The molecule has 1 saturated heterocycles. The summed E-state index contributed by atoms with van der Waals surface area (Å²) < 4.78 is 23.7. The number of hydrogen-bond acceptors (Lipinski definition) is 3. The third kappa shape index (κ3) is 1.96. The molecule has 14 heavy (non-hydrogen) atoms. The first-order chi connectivity index (χ1) is 6.65. The molecule has 2 aliphatic rings. The quantitative estimate of drug-likeness (QED) is 0.765. The molecule has 2 atom stereocenters. The predicted molar refractivity (Wildman–Crippen MR) is 56.7 cm³/mol. The fourth-order valence-corrected chi connectivity index (χ4v) is 4.93. The van der Waals surface area contributed by atoms with Gasteiger partial charge in [-0.1, -0.05) is 6.42 Å². The molecule has 82 valence electrons. The van der Waals surface area contributed by atoms with Crippen molar-refractivity contribution in [2.24, 2.45) is 17.6 Å². The molecule has 2 rings (SSSR count). The highest BCUT2D eigenvalue weighted by Gasteiger charge is 2.42. The lowest BCUT2D eigenvalue weighted by Crippen LogP contribution is -2.39. The van der Waals surface area contributed by atoms with Crippen LogP contribution in [0, 0.1) is 11.8 Å². The van der Waals surface area contributed by atoms with Gasteiger partial charge < -0.3 is 5.73 Å². The molecule has 2 unspecified atom stereocenters. The molecule has 3 nitrogen and oxygen atoms in total. The number of nitrogens with two attached hydrogens (primary N) is 1. The van der Waals surface area contributed by atoms with Crippen molar-refractivity contribution >= 4 is 9.84 Å². The first-order valence-electron chi connectivity index (χ1n) is 5.57. The van der Waals surface area contributed by atoms with Gasteiger partial charge in [0, 0.05) is 0 Å². The summed E-state index contributed by atoms with van der Waals surface area (Å²) in [6, 6.07) is 0. The molecule has 2 fully saturated rings. The first-order valence-corrected chi connectivity index (χ1v) is 7.28. The van der Waals surface area contributed by atoms with Crippen LogP contribution in [-0.2, 0) is 9.84 Å². The molecule has 0 bridgehead atoms. The molecule has 0 spiro atoms. The predicted octanol–water partition coefficient (Wildman–Crippen LogP) is 0.939. The van der Waals surface area contributed by atoms with E-state index in [2.05, 4.69) is 0 Å². The summed E-state index contributed by atoms with van der Waals surface area (Å²) in [4.78, 5) is 0. The summed E-state index contributed by atoms with van der Waals surface area (Å²) in [6.07, 6.45) is 5.14. The van der Waals surface area contributed by atoms with Gasteiger partial charge in [-0.2, -0.15) is 0 Å². The van der Waals surface area contributed by atoms with Crippen LogP contribution in [0.15, 0.2) is 0 Å². The Morgan fingerprint density at radius 3 is 2.43 bits per heavy atom. The summed E-state index contributed by atoms with van der Waals surface area (Å²) in [7, 11) is -2.82. The van der Waals surface area contributed by atoms with Gasteiger partial charge in [-0.15, -0.1) is 0 Å². The maximum Gasteiger partial charge on any atom is 0.153 e. The van der Waals surface area contributed by atoms with Crippen LogP contribution >= 0.6 is 0 Å². The largest absolute Gasteiger partial charge is 0.330 e. The highest BCUT2D eigenvalue weighted by atomic mass is 32.2. The van der Waals surface area contributed by atoms with E-state index in [1.807, 2.05) is 0 Å². The lowest BCUT2D eigenvalue weighted by molar-refractivity contribution is 0.399. The Morgan fingerprint density at radius 2 is 1.93 bits per heavy atom. The monoisotopic (exact) mass is 217 g/mol. The Kier molecular flexibility index (Phi) is 2.84. The highest BCUT2D eigenvalue weighted by molar-refractivity contribution is 7.92. The van der Waals surface area contributed by atoms with Crippen LogP contribution in [0.5, 0.6) is 0 Å². The van der Waals surface area contributed by atoms with E-state index in [4.69, 9.17) is 5.73 Å². The van der Waals surface area contributed by atoms with E-state index in [1.54, 1.807) is 0 Å². The van der Waals surface area contributed by atoms with Crippen molar-refractivity contribution < 1.29 is 8.42 Å². The van der Waals surface area contributed by atoms with Gasteiger partial charge in [0.15, 0.2) is 9.84 Å². The molecule has 1 aliphatic carbocycles. The van der Waals surface area contributed by atoms with E-state index in [0.717, 1.165) is 19.3 Å². The second-order valence-electron chi connectivity index (χ2n) is 4.64. The van der Waals surface area contributed by atoms with Crippen LogP contribution in [0.3, 0.4) is 0 Å². The van der Waals surface area contributed by atoms with E-state index in [-0.39, 0.29) is 11.2 Å². The van der Waals surface area contributed by atoms with Gasteiger partial charge in [0.1, 0.15) is 0 Å². The van der Waals surface area contributed by atoms with Gasteiger partial charge in [-0.25, -0.2) is 8.42 Å².